The first-order valence-electron chi connectivity index (χ1n) is 6.15. The molecule has 0 fully saturated rings. The van der Waals surface area contributed by atoms with Crippen LogP contribution in [0.1, 0.15) is 18.2 Å². The fraction of sp³-hybridized carbons (Fsp3) is 0.286. The molecule has 0 saturated heterocycles. The summed E-state index contributed by atoms with van der Waals surface area (Å²) in [4.78, 5) is 0. The van der Waals surface area contributed by atoms with Crippen molar-refractivity contribution in [2.24, 2.45) is 0 Å². The van der Waals surface area contributed by atoms with E-state index in [-0.39, 0.29) is 0 Å². The van der Waals surface area contributed by atoms with Crippen LogP contribution in [-0.2, 0) is 13.1 Å². The number of hydrogen-bond acceptors (Lipinski definition) is 2. The number of rotatable bonds is 6. The molecule has 5 heteroatoms. The van der Waals surface area contributed by atoms with Crippen molar-refractivity contribution in [1.82, 2.24) is 0 Å². The highest BCUT2D eigenvalue weighted by Crippen LogP contribution is 2.32. The van der Waals surface area contributed by atoms with Crippen molar-refractivity contribution >= 4 is 31.9 Å². The molecule has 0 atom stereocenters. The molecule has 1 aromatic carbocycles. The highest BCUT2D eigenvalue weighted by atomic mass is 79.9. The number of quaternary nitrogens is 1. The lowest BCUT2D eigenvalue weighted by atomic mass is 10.2. The van der Waals surface area contributed by atoms with Crippen molar-refractivity contribution in [3.8, 4) is 5.75 Å². The van der Waals surface area contributed by atoms with E-state index in [4.69, 9.17) is 9.15 Å². The summed E-state index contributed by atoms with van der Waals surface area (Å²) in [7, 11) is 0. The van der Waals surface area contributed by atoms with Gasteiger partial charge in [-0.15, -0.1) is 0 Å². The first-order valence-corrected chi connectivity index (χ1v) is 7.74. The number of benzene rings is 1. The summed E-state index contributed by atoms with van der Waals surface area (Å²) in [5, 5.41) is 2.19. The Balaban J connectivity index is 2.05. The topological polar surface area (TPSA) is 39.0 Å². The van der Waals surface area contributed by atoms with Gasteiger partial charge in [0, 0.05) is 4.47 Å². The van der Waals surface area contributed by atoms with Crippen molar-refractivity contribution in [3.63, 3.8) is 0 Å². The Morgan fingerprint density at radius 1 is 1.26 bits per heavy atom. The van der Waals surface area contributed by atoms with E-state index in [0.717, 1.165) is 39.1 Å². The molecule has 1 aromatic heterocycles. The second-order valence-corrected chi connectivity index (χ2v) is 5.86. The first kappa shape index (κ1) is 14.6. The van der Waals surface area contributed by atoms with Gasteiger partial charge in [-0.25, -0.2) is 0 Å². The molecule has 2 aromatic rings. The Morgan fingerprint density at radius 2 is 2.11 bits per heavy atom. The number of furan rings is 1. The van der Waals surface area contributed by atoms with Crippen LogP contribution in [0.3, 0.4) is 0 Å². The zero-order valence-corrected chi connectivity index (χ0v) is 13.8. The van der Waals surface area contributed by atoms with Crippen LogP contribution in [0.5, 0.6) is 5.75 Å². The third kappa shape index (κ3) is 4.09. The van der Waals surface area contributed by atoms with Gasteiger partial charge in [-0.3, -0.25) is 0 Å². The maximum absolute atomic E-state index is 5.70. The molecule has 102 valence electrons. The fourth-order valence-corrected chi connectivity index (χ4v) is 3.30. The van der Waals surface area contributed by atoms with Gasteiger partial charge in [-0.1, -0.05) is 15.9 Å². The third-order valence-electron chi connectivity index (χ3n) is 2.66. The molecule has 2 rings (SSSR count). The Hall–Kier alpha value is -0.780. The highest BCUT2D eigenvalue weighted by Gasteiger charge is 2.11. The number of ether oxygens (including phenoxy) is 1. The molecule has 3 nitrogen and oxygen atoms in total. The van der Waals surface area contributed by atoms with E-state index in [1.54, 1.807) is 6.26 Å². The Labute approximate surface area is 129 Å². The predicted octanol–water partition coefficient (Wildman–Crippen LogP) is 3.47. The average Bonchev–Trinajstić information content (AvgIpc) is 2.86. The van der Waals surface area contributed by atoms with E-state index >= 15 is 0 Å². The summed E-state index contributed by atoms with van der Waals surface area (Å²) in [5.41, 5.74) is 1.16. The van der Waals surface area contributed by atoms with Crippen LogP contribution < -0.4 is 10.1 Å². The van der Waals surface area contributed by atoms with Gasteiger partial charge in [-0.2, -0.15) is 0 Å². The Bertz CT molecular complexity index is 526. The molecule has 0 unspecified atom stereocenters. The molecular weight excluding hydrogens is 374 g/mol. The van der Waals surface area contributed by atoms with Gasteiger partial charge in [-0.05, 0) is 47.1 Å². The van der Waals surface area contributed by atoms with Crippen LogP contribution in [-0.4, -0.2) is 6.61 Å². The SMILES string of the molecule is CCOc1c(Br)cc(Br)cc1C[NH2+]Cc1ccco1. The summed E-state index contributed by atoms with van der Waals surface area (Å²) in [5.74, 6) is 1.90. The fourth-order valence-electron chi connectivity index (χ4n) is 1.87. The lowest BCUT2D eigenvalue weighted by molar-refractivity contribution is -0.688. The third-order valence-corrected chi connectivity index (χ3v) is 3.71. The van der Waals surface area contributed by atoms with Gasteiger partial charge in [0.25, 0.3) is 0 Å². The van der Waals surface area contributed by atoms with Gasteiger partial charge < -0.3 is 14.5 Å². The molecule has 0 radical (unpaired) electrons. The monoisotopic (exact) mass is 388 g/mol. The summed E-state index contributed by atoms with van der Waals surface area (Å²) < 4.78 is 13.0. The van der Waals surface area contributed by atoms with Crippen LogP contribution in [0, 0.1) is 0 Å². The van der Waals surface area contributed by atoms with Crippen LogP contribution >= 0.6 is 31.9 Å². The van der Waals surface area contributed by atoms with E-state index < -0.39 is 0 Å². The summed E-state index contributed by atoms with van der Waals surface area (Å²) >= 11 is 7.05. The largest absolute Gasteiger partial charge is 0.492 e. The van der Waals surface area contributed by atoms with Crippen LogP contribution in [0.15, 0.2) is 43.9 Å². The molecule has 0 spiro atoms. The lowest BCUT2D eigenvalue weighted by Crippen LogP contribution is -2.80. The minimum absolute atomic E-state index is 0.658. The van der Waals surface area contributed by atoms with Crippen LogP contribution in [0.25, 0.3) is 0 Å². The number of nitrogens with two attached hydrogens (primary N) is 1. The Morgan fingerprint density at radius 3 is 2.79 bits per heavy atom. The van der Waals surface area contributed by atoms with E-state index in [2.05, 4.69) is 43.2 Å². The predicted molar refractivity (Wildman–Crippen MR) is 81.1 cm³/mol. The van der Waals surface area contributed by atoms with Crippen molar-refractivity contribution in [2.75, 3.05) is 6.61 Å². The molecule has 0 aliphatic heterocycles. The molecule has 0 bridgehead atoms. The minimum atomic E-state index is 0.658. The van der Waals surface area contributed by atoms with Gasteiger partial charge in [0.15, 0.2) is 5.76 Å². The minimum Gasteiger partial charge on any atom is -0.492 e. The molecule has 1 heterocycles. The van der Waals surface area contributed by atoms with Gasteiger partial charge in [0.1, 0.15) is 18.8 Å². The summed E-state index contributed by atoms with van der Waals surface area (Å²) in [6.07, 6.45) is 1.70. The molecule has 0 saturated carbocycles. The lowest BCUT2D eigenvalue weighted by Gasteiger charge is -2.12. The maximum atomic E-state index is 5.70. The second-order valence-electron chi connectivity index (χ2n) is 4.09. The van der Waals surface area contributed by atoms with Crippen LogP contribution in [0.2, 0.25) is 0 Å². The molecule has 2 N–H and O–H groups in total. The smallest absolute Gasteiger partial charge is 0.157 e. The normalized spacial score (nSPS) is 10.7. The zero-order valence-electron chi connectivity index (χ0n) is 10.7. The number of halogens is 2. The molecule has 19 heavy (non-hydrogen) atoms. The molecule has 0 aliphatic carbocycles. The molecule has 0 aliphatic rings. The van der Waals surface area contributed by atoms with Gasteiger partial charge in [0.05, 0.1) is 22.9 Å². The maximum Gasteiger partial charge on any atom is 0.157 e. The standard InChI is InChI=1S/C14H15Br2NO2/c1-2-18-14-10(6-11(15)7-13(14)16)8-17-9-12-4-3-5-19-12/h3-7,17H,2,8-9H2,1H3/p+1. The van der Waals surface area contributed by atoms with E-state index in [1.165, 1.54) is 0 Å². The first-order chi connectivity index (χ1) is 9.20. The van der Waals surface area contributed by atoms with E-state index in [1.807, 2.05) is 25.1 Å². The van der Waals surface area contributed by atoms with Crippen molar-refractivity contribution in [3.05, 3.63) is 50.8 Å². The summed E-state index contributed by atoms with van der Waals surface area (Å²) in [6, 6.07) is 7.98. The van der Waals surface area contributed by atoms with E-state index in [0.29, 0.717) is 6.61 Å². The quantitative estimate of drug-likeness (QED) is 0.821. The van der Waals surface area contributed by atoms with Crippen LogP contribution in [0.4, 0.5) is 0 Å². The Kier molecular flexibility index (Phi) is 5.48. The second kappa shape index (κ2) is 7.12. The molecular formula is C14H16Br2NO2+. The average molecular weight is 390 g/mol. The van der Waals surface area contributed by atoms with Crippen molar-refractivity contribution in [1.29, 1.82) is 0 Å². The zero-order chi connectivity index (χ0) is 13.7. The van der Waals surface area contributed by atoms with Crippen molar-refractivity contribution in [2.45, 2.75) is 20.0 Å². The number of hydrogen-bond donors (Lipinski definition) is 1. The van der Waals surface area contributed by atoms with Gasteiger partial charge >= 0.3 is 0 Å². The molecule has 0 amide bonds. The van der Waals surface area contributed by atoms with Crippen molar-refractivity contribution < 1.29 is 14.5 Å². The van der Waals surface area contributed by atoms with Gasteiger partial charge in [0.2, 0.25) is 0 Å². The summed E-state index contributed by atoms with van der Waals surface area (Å²) in [6.45, 7) is 4.31. The highest BCUT2D eigenvalue weighted by molar-refractivity contribution is 9.11. The van der Waals surface area contributed by atoms with E-state index in [9.17, 15) is 0 Å².